The Balaban J connectivity index is 2.50. The van der Waals surface area contributed by atoms with Crippen molar-refractivity contribution in [2.75, 3.05) is 11.9 Å². The number of nitrogens with one attached hydrogen (secondary N) is 1. The summed E-state index contributed by atoms with van der Waals surface area (Å²) in [6, 6.07) is 6.14. The summed E-state index contributed by atoms with van der Waals surface area (Å²) in [6.45, 7) is 2.49. The fourth-order valence-electron chi connectivity index (χ4n) is 1.30. The van der Waals surface area contributed by atoms with E-state index < -0.39 is 5.82 Å². The second-order valence-corrected chi connectivity index (χ2v) is 3.58. The van der Waals surface area contributed by atoms with Gasteiger partial charge in [0.25, 0.3) is 0 Å². The topological polar surface area (TPSA) is 56.0 Å². The standard InChI is InChI=1S/C12H15FN2O/c1-2-11(16)5-6-15-10-4-3-9(8-14)12(13)7-10/h3-4,7,11,15-16H,2,5-6H2,1H3. The van der Waals surface area contributed by atoms with Crippen LogP contribution in [0.25, 0.3) is 0 Å². The molecule has 0 aromatic heterocycles. The number of nitrogens with zero attached hydrogens (tertiary/aromatic N) is 1. The normalized spacial score (nSPS) is 11.9. The van der Waals surface area contributed by atoms with Crippen molar-refractivity contribution in [2.45, 2.75) is 25.9 Å². The van der Waals surface area contributed by atoms with Crippen molar-refractivity contribution >= 4 is 5.69 Å². The largest absolute Gasteiger partial charge is 0.393 e. The highest BCUT2D eigenvalue weighted by Crippen LogP contribution is 2.13. The molecule has 1 unspecified atom stereocenters. The van der Waals surface area contributed by atoms with E-state index in [2.05, 4.69) is 5.32 Å². The molecule has 1 aromatic carbocycles. The van der Waals surface area contributed by atoms with Gasteiger partial charge in [0.2, 0.25) is 0 Å². The lowest BCUT2D eigenvalue weighted by Crippen LogP contribution is -2.12. The Morgan fingerprint density at radius 3 is 2.88 bits per heavy atom. The Hall–Kier alpha value is -1.60. The van der Waals surface area contributed by atoms with E-state index >= 15 is 0 Å². The quantitative estimate of drug-likeness (QED) is 0.803. The van der Waals surface area contributed by atoms with E-state index in [1.807, 2.05) is 6.92 Å². The predicted octanol–water partition coefficient (Wildman–Crippen LogP) is 2.27. The Morgan fingerprint density at radius 1 is 1.56 bits per heavy atom. The van der Waals surface area contributed by atoms with Crippen LogP contribution in [0, 0.1) is 17.1 Å². The van der Waals surface area contributed by atoms with Crippen molar-refractivity contribution in [3.63, 3.8) is 0 Å². The van der Waals surface area contributed by atoms with Gasteiger partial charge in [0.15, 0.2) is 0 Å². The molecule has 1 rings (SSSR count). The smallest absolute Gasteiger partial charge is 0.143 e. The molecule has 86 valence electrons. The van der Waals surface area contributed by atoms with Crippen LogP contribution in [-0.4, -0.2) is 17.8 Å². The van der Waals surface area contributed by atoms with E-state index in [0.29, 0.717) is 25.1 Å². The van der Waals surface area contributed by atoms with Gasteiger partial charge in [-0.2, -0.15) is 5.26 Å². The summed E-state index contributed by atoms with van der Waals surface area (Å²) < 4.78 is 13.2. The molecule has 0 fully saturated rings. The molecule has 0 heterocycles. The maximum Gasteiger partial charge on any atom is 0.143 e. The van der Waals surface area contributed by atoms with Crippen molar-refractivity contribution in [3.8, 4) is 6.07 Å². The Morgan fingerprint density at radius 2 is 2.31 bits per heavy atom. The van der Waals surface area contributed by atoms with Gasteiger partial charge in [-0.05, 0) is 31.0 Å². The van der Waals surface area contributed by atoms with Gasteiger partial charge in [0.05, 0.1) is 11.7 Å². The van der Waals surface area contributed by atoms with Crippen LogP contribution in [0.2, 0.25) is 0 Å². The molecule has 0 aliphatic carbocycles. The maximum absolute atomic E-state index is 13.2. The Kier molecular flexibility index (Phi) is 4.74. The average molecular weight is 222 g/mol. The van der Waals surface area contributed by atoms with Gasteiger partial charge in [-0.3, -0.25) is 0 Å². The molecule has 0 bridgehead atoms. The molecule has 4 heteroatoms. The van der Waals surface area contributed by atoms with Gasteiger partial charge in [-0.15, -0.1) is 0 Å². The number of halogens is 1. The number of anilines is 1. The third-order valence-corrected chi connectivity index (χ3v) is 2.37. The molecule has 0 aliphatic heterocycles. The highest BCUT2D eigenvalue weighted by Gasteiger charge is 2.03. The van der Waals surface area contributed by atoms with Crippen LogP contribution in [0.5, 0.6) is 0 Å². The molecule has 0 aliphatic rings. The van der Waals surface area contributed by atoms with Gasteiger partial charge >= 0.3 is 0 Å². The number of rotatable bonds is 5. The first-order chi connectivity index (χ1) is 7.67. The molecular weight excluding hydrogens is 207 g/mol. The van der Waals surface area contributed by atoms with Crippen LogP contribution >= 0.6 is 0 Å². The van der Waals surface area contributed by atoms with Gasteiger partial charge in [0.1, 0.15) is 11.9 Å². The molecular formula is C12H15FN2O. The van der Waals surface area contributed by atoms with E-state index in [-0.39, 0.29) is 11.7 Å². The number of hydrogen-bond acceptors (Lipinski definition) is 3. The number of aliphatic hydroxyl groups excluding tert-OH is 1. The van der Waals surface area contributed by atoms with E-state index in [0.717, 1.165) is 0 Å². The summed E-state index contributed by atoms with van der Waals surface area (Å²) in [5.41, 5.74) is 0.666. The summed E-state index contributed by atoms with van der Waals surface area (Å²) in [5.74, 6) is -0.525. The van der Waals surface area contributed by atoms with Crippen LogP contribution in [0.15, 0.2) is 18.2 Å². The number of aliphatic hydroxyl groups is 1. The summed E-state index contributed by atoms with van der Waals surface area (Å²) in [4.78, 5) is 0. The molecule has 1 atom stereocenters. The molecule has 0 saturated heterocycles. The lowest BCUT2D eigenvalue weighted by molar-refractivity contribution is 0.164. The van der Waals surface area contributed by atoms with Crippen LogP contribution in [-0.2, 0) is 0 Å². The molecule has 3 nitrogen and oxygen atoms in total. The monoisotopic (exact) mass is 222 g/mol. The fourth-order valence-corrected chi connectivity index (χ4v) is 1.30. The average Bonchev–Trinajstić information content (AvgIpc) is 2.29. The van der Waals surface area contributed by atoms with Crippen molar-refractivity contribution in [1.82, 2.24) is 0 Å². The first-order valence-corrected chi connectivity index (χ1v) is 5.29. The second-order valence-electron chi connectivity index (χ2n) is 3.58. The lowest BCUT2D eigenvalue weighted by atomic mass is 10.2. The van der Waals surface area contributed by atoms with Crippen molar-refractivity contribution < 1.29 is 9.50 Å². The number of hydrogen-bond donors (Lipinski definition) is 2. The Bertz CT molecular complexity index is 387. The van der Waals surface area contributed by atoms with Crippen molar-refractivity contribution in [3.05, 3.63) is 29.6 Å². The molecule has 1 aromatic rings. The SMILES string of the molecule is CCC(O)CCNc1ccc(C#N)c(F)c1. The van der Waals surface area contributed by atoms with Crippen LogP contribution in [0.1, 0.15) is 25.3 Å². The summed E-state index contributed by atoms with van der Waals surface area (Å²) in [7, 11) is 0. The molecule has 0 amide bonds. The zero-order valence-corrected chi connectivity index (χ0v) is 9.20. The minimum absolute atomic E-state index is 0.0409. The summed E-state index contributed by atoms with van der Waals surface area (Å²) >= 11 is 0. The molecule has 0 spiro atoms. The first kappa shape index (κ1) is 12.5. The number of nitriles is 1. The summed E-state index contributed by atoms with van der Waals surface area (Å²) in [6.07, 6.45) is 1.01. The highest BCUT2D eigenvalue weighted by molar-refractivity contribution is 5.48. The van der Waals surface area contributed by atoms with Crippen molar-refractivity contribution in [1.29, 1.82) is 5.26 Å². The third-order valence-electron chi connectivity index (χ3n) is 2.37. The fraction of sp³-hybridized carbons (Fsp3) is 0.417. The van der Waals surface area contributed by atoms with Gasteiger partial charge in [-0.1, -0.05) is 6.92 Å². The minimum atomic E-state index is -0.525. The summed E-state index contributed by atoms with van der Waals surface area (Å²) in [5, 5.41) is 20.9. The minimum Gasteiger partial charge on any atom is -0.393 e. The van der Waals surface area contributed by atoms with E-state index in [1.54, 1.807) is 12.1 Å². The first-order valence-electron chi connectivity index (χ1n) is 5.29. The predicted molar refractivity (Wildman–Crippen MR) is 60.5 cm³/mol. The Labute approximate surface area is 94.5 Å². The molecule has 16 heavy (non-hydrogen) atoms. The lowest BCUT2D eigenvalue weighted by Gasteiger charge is -2.09. The maximum atomic E-state index is 13.2. The molecule has 0 radical (unpaired) electrons. The molecule has 0 saturated carbocycles. The van der Waals surface area contributed by atoms with Crippen LogP contribution < -0.4 is 5.32 Å². The van der Waals surface area contributed by atoms with Gasteiger partial charge in [0, 0.05) is 12.2 Å². The zero-order chi connectivity index (χ0) is 12.0. The number of benzene rings is 1. The van der Waals surface area contributed by atoms with Crippen LogP contribution in [0.4, 0.5) is 10.1 Å². The second kappa shape index (κ2) is 6.09. The van der Waals surface area contributed by atoms with Crippen LogP contribution in [0.3, 0.4) is 0 Å². The van der Waals surface area contributed by atoms with Crippen molar-refractivity contribution in [2.24, 2.45) is 0 Å². The highest BCUT2D eigenvalue weighted by atomic mass is 19.1. The zero-order valence-electron chi connectivity index (χ0n) is 9.20. The van der Waals surface area contributed by atoms with E-state index in [9.17, 15) is 9.50 Å². The van der Waals surface area contributed by atoms with E-state index in [1.165, 1.54) is 12.1 Å². The molecule has 2 N–H and O–H groups in total. The third kappa shape index (κ3) is 3.52. The van der Waals surface area contributed by atoms with E-state index in [4.69, 9.17) is 5.26 Å². The van der Waals surface area contributed by atoms with Gasteiger partial charge in [-0.25, -0.2) is 4.39 Å². The van der Waals surface area contributed by atoms with Gasteiger partial charge < -0.3 is 10.4 Å².